The molecule has 26 heavy (non-hydrogen) atoms. The van der Waals surface area contributed by atoms with Gasteiger partial charge in [0.15, 0.2) is 5.82 Å². The van der Waals surface area contributed by atoms with Gasteiger partial charge in [0.2, 0.25) is 0 Å². The zero-order valence-electron chi connectivity index (χ0n) is 15.0. The minimum atomic E-state index is 0.310. The maximum atomic E-state index is 6.06. The Balaban J connectivity index is 1.40. The van der Waals surface area contributed by atoms with E-state index in [1.54, 1.807) is 11.3 Å². The first-order valence-corrected chi connectivity index (χ1v) is 9.90. The molecule has 3 aromatic rings. The van der Waals surface area contributed by atoms with E-state index < -0.39 is 0 Å². The molecule has 1 fully saturated rings. The normalized spacial score (nSPS) is 17.1. The summed E-state index contributed by atoms with van der Waals surface area (Å²) in [4.78, 5) is 11.2. The average Bonchev–Trinajstić information content (AvgIpc) is 3.16. The van der Waals surface area contributed by atoms with E-state index in [0.29, 0.717) is 18.3 Å². The van der Waals surface area contributed by atoms with E-state index in [2.05, 4.69) is 40.0 Å². The zero-order chi connectivity index (χ0) is 17.9. The van der Waals surface area contributed by atoms with Gasteiger partial charge in [0.05, 0.1) is 42.2 Å². The summed E-state index contributed by atoms with van der Waals surface area (Å²) in [5, 5.41) is 1.11. The van der Waals surface area contributed by atoms with Gasteiger partial charge in [-0.25, -0.2) is 9.97 Å². The Bertz CT molecular complexity index is 892. The predicted molar refractivity (Wildman–Crippen MR) is 106 cm³/mol. The van der Waals surface area contributed by atoms with Crippen molar-refractivity contribution in [2.75, 3.05) is 51.8 Å². The summed E-state index contributed by atoms with van der Waals surface area (Å²) < 4.78 is 12.4. The van der Waals surface area contributed by atoms with Crippen molar-refractivity contribution < 1.29 is 9.47 Å². The highest BCUT2D eigenvalue weighted by Crippen LogP contribution is 2.31. The van der Waals surface area contributed by atoms with Crippen molar-refractivity contribution in [3.63, 3.8) is 0 Å². The smallest absolute Gasteiger partial charge is 0.151 e. The number of nitrogens with zero attached hydrogens (tertiary/aromatic N) is 3. The molecule has 6 nitrogen and oxygen atoms in total. The molecule has 7 heteroatoms. The molecular formula is C19H24N4O2S. The van der Waals surface area contributed by atoms with Crippen molar-refractivity contribution >= 4 is 38.3 Å². The number of aromatic nitrogens is 2. The lowest BCUT2D eigenvalue weighted by Gasteiger charge is -2.26. The Kier molecular flexibility index (Phi) is 5.31. The summed E-state index contributed by atoms with van der Waals surface area (Å²) >= 11 is 1.61. The van der Waals surface area contributed by atoms with Gasteiger partial charge in [0.25, 0.3) is 0 Å². The number of hydrogen-bond donors (Lipinski definition) is 1. The number of ether oxygens (including phenoxy) is 2. The first-order valence-electron chi connectivity index (χ1n) is 9.02. The molecule has 0 saturated carbocycles. The minimum Gasteiger partial charge on any atom is -0.382 e. The minimum absolute atomic E-state index is 0.310. The fraction of sp³-hybridized carbons (Fsp3) is 0.474. The van der Waals surface area contributed by atoms with E-state index in [1.807, 2.05) is 5.51 Å². The largest absolute Gasteiger partial charge is 0.382 e. The van der Waals surface area contributed by atoms with Gasteiger partial charge in [0, 0.05) is 30.9 Å². The van der Waals surface area contributed by atoms with Crippen molar-refractivity contribution in [2.24, 2.45) is 0 Å². The maximum absolute atomic E-state index is 6.06. The van der Waals surface area contributed by atoms with Crippen LogP contribution in [-0.4, -0.2) is 60.9 Å². The van der Waals surface area contributed by atoms with Crippen LogP contribution in [0.4, 0.5) is 5.82 Å². The second-order valence-corrected chi connectivity index (χ2v) is 7.59. The van der Waals surface area contributed by atoms with E-state index in [4.69, 9.17) is 15.2 Å². The van der Waals surface area contributed by atoms with Crippen molar-refractivity contribution in [2.45, 2.75) is 12.8 Å². The second kappa shape index (κ2) is 7.84. The quantitative estimate of drug-likeness (QED) is 0.671. The molecule has 0 amide bonds. The van der Waals surface area contributed by atoms with E-state index in [-0.39, 0.29) is 0 Å². The Morgan fingerprint density at radius 1 is 1.35 bits per heavy atom. The van der Waals surface area contributed by atoms with E-state index in [1.165, 1.54) is 5.56 Å². The van der Waals surface area contributed by atoms with Crippen LogP contribution in [0, 0.1) is 0 Å². The Hall–Kier alpha value is -1.80. The fourth-order valence-corrected chi connectivity index (χ4v) is 4.15. The van der Waals surface area contributed by atoms with Gasteiger partial charge in [-0.1, -0.05) is 19.1 Å². The second-order valence-electron chi connectivity index (χ2n) is 6.73. The van der Waals surface area contributed by atoms with Gasteiger partial charge in [-0.15, -0.1) is 11.3 Å². The molecule has 0 aliphatic carbocycles. The molecule has 0 spiro atoms. The van der Waals surface area contributed by atoms with Crippen LogP contribution >= 0.6 is 11.3 Å². The summed E-state index contributed by atoms with van der Waals surface area (Å²) in [5.74, 6) is 0.810. The summed E-state index contributed by atoms with van der Waals surface area (Å²) in [5.41, 5.74) is 10.8. The van der Waals surface area contributed by atoms with Crippen molar-refractivity contribution in [1.29, 1.82) is 0 Å². The van der Waals surface area contributed by atoms with E-state index >= 15 is 0 Å². The molecule has 0 radical (unpaired) electrons. The van der Waals surface area contributed by atoms with Gasteiger partial charge in [-0.3, -0.25) is 4.90 Å². The molecule has 1 saturated heterocycles. The Labute approximate surface area is 156 Å². The van der Waals surface area contributed by atoms with Gasteiger partial charge in [0.1, 0.15) is 5.52 Å². The zero-order valence-corrected chi connectivity index (χ0v) is 15.8. The fourth-order valence-electron chi connectivity index (χ4n) is 3.32. The molecule has 1 unspecified atom stereocenters. The molecule has 1 aromatic carbocycles. The standard InChI is InChI=1S/C19H24N4O2S/c1-13(11-25-9-6-23-4-7-24-8-5-23)14-2-3-15-16(10-14)22-19(20)17-18(15)26-12-21-17/h2-3,10,12-13H,4-9,11H2,1H3,(H2,20,22). The molecule has 2 aromatic heterocycles. The van der Waals surface area contributed by atoms with Crippen LogP contribution in [0.5, 0.6) is 0 Å². The molecule has 1 aliphatic heterocycles. The van der Waals surface area contributed by atoms with Crippen LogP contribution in [-0.2, 0) is 9.47 Å². The third-order valence-electron chi connectivity index (χ3n) is 4.91. The molecule has 3 heterocycles. The van der Waals surface area contributed by atoms with Gasteiger partial charge in [-0.2, -0.15) is 0 Å². The number of morpholine rings is 1. The Morgan fingerprint density at radius 3 is 3.04 bits per heavy atom. The number of pyridine rings is 1. The highest BCUT2D eigenvalue weighted by Gasteiger charge is 2.13. The summed E-state index contributed by atoms with van der Waals surface area (Å²) in [7, 11) is 0. The van der Waals surface area contributed by atoms with Gasteiger partial charge in [-0.05, 0) is 11.6 Å². The number of anilines is 1. The number of rotatable bonds is 6. The van der Waals surface area contributed by atoms with Crippen LogP contribution in [0.15, 0.2) is 23.7 Å². The molecule has 1 atom stereocenters. The number of nitrogens with two attached hydrogens (primary N) is 1. The Morgan fingerprint density at radius 2 is 2.19 bits per heavy atom. The predicted octanol–water partition coefficient (Wildman–Crippen LogP) is 2.88. The maximum Gasteiger partial charge on any atom is 0.151 e. The molecule has 2 N–H and O–H groups in total. The lowest BCUT2D eigenvalue weighted by molar-refractivity contribution is 0.0192. The van der Waals surface area contributed by atoms with Crippen molar-refractivity contribution in [3.05, 3.63) is 29.3 Å². The third kappa shape index (κ3) is 3.66. The first-order chi connectivity index (χ1) is 12.7. The summed E-state index contributed by atoms with van der Waals surface area (Å²) in [6.07, 6.45) is 0. The molecule has 1 aliphatic rings. The average molecular weight is 372 g/mol. The van der Waals surface area contributed by atoms with Crippen LogP contribution in [0.25, 0.3) is 21.1 Å². The van der Waals surface area contributed by atoms with Crippen LogP contribution in [0.3, 0.4) is 0 Å². The topological polar surface area (TPSA) is 73.5 Å². The van der Waals surface area contributed by atoms with E-state index in [0.717, 1.165) is 60.6 Å². The first kappa shape index (κ1) is 17.6. The van der Waals surface area contributed by atoms with Crippen LogP contribution in [0.2, 0.25) is 0 Å². The van der Waals surface area contributed by atoms with Crippen LogP contribution < -0.4 is 5.73 Å². The molecule has 4 rings (SSSR count). The number of nitrogen functional groups attached to an aromatic ring is 1. The number of thiazole rings is 1. The van der Waals surface area contributed by atoms with Gasteiger partial charge >= 0.3 is 0 Å². The summed E-state index contributed by atoms with van der Waals surface area (Å²) in [6.45, 7) is 8.28. The lowest BCUT2D eigenvalue weighted by Crippen LogP contribution is -2.38. The number of benzene rings is 1. The van der Waals surface area contributed by atoms with E-state index in [9.17, 15) is 0 Å². The highest BCUT2D eigenvalue weighted by atomic mass is 32.1. The summed E-state index contributed by atoms with van der Waals surface area (Å²) in [6, 6.07) is 6.41. The van der Waals surface area contributed by atoms with Crippen molar-refractivity contribution in [1.82, 2.24) is 14.9 Å². The van der Waals surface area contributed by atoms with Gasteiger partial charge < -0.3 is 15.2 Å². The third-order valence-corrected chi connectivity index (χ3v) is 5.77. The molecular weight excluding hydrogens is 348 g/mol. The van der Waals surface area contributed by atoms with Crippen LogP contribution in [0.1, 0.15) is 18.4 Å². The highest BCUT2D eigenvalue weighted by molar-refractivity contribution is 7.17. The number of fused-ring (bicyclic) bond motifs is 3. The monoisotopic (exact) mass is 372 g/mol. The number of hydrogen-bond acceptors (Lipinski definition) is 7. The SMILES string of the molecule is CC(COCCN1CCOCC1)c1ccc2c(c1)nc(N)c1ncsc12. The molecule has 138 valence electrons. The van der Waals surface area contributed by atoms with Crippen molar-refractivity contribution in [3.8, 4) is 0 Å². The lowest BCUT2D eigenvalue weighted by atomic mass is 10.0. The molecule has 0 bridgehead atoms.